The van der Waals surface area contributed by atoms with Gasteiger partial charge >= 0.3 is 0 Å². The SMILES string of the molecule is c1ccc(N(c2ccccc2)c2ccc3c(c2)c2ccccc2n3-c2ccc(-c3ccc4nc(-c5ccc(-n6c7ccccc7c7cc(-c8ccc9c(c8)c8ccccc8n9-c8ccccc8)ccc76)cc5)nc(-c5ccc(-n6c7ccc(-c8ccc9c(c8)c8ccccc8n9-c8ccccc8)cc7c7cc(-c8ccc9c(c8)c8ccccc8n9-c8ccccc8)ccc76)cc5)c4c3)cc2)cc1. The maximum Gasteiger partial charge on any atom is 0.160 e. The van der Waals surface area contributed by atoms with E-state index < -0.39 is 0 Å². The van der Waals surface area contributed by atoms with Gasteiger partial charge in [-0.25, -0.2) is 9.97 Å². The fourth-order valence-electron chi connectivity index (χ4n) is 22.1. The van der Waals surface area contributed by atoms with Crippen molar-refractivity contribution in [2.75, 3.05) is 4.90 Å². The first-order chi connectivity index (χ1) is 67.9. The molecule has 0 unspecified atom stereocenters. The third-order valence-electron chi connectivity index (χ3n) is 28.4. The molecule has 7 aromatic heterocycles. The average Bonchev–Trinajstić information content (AvgIpc) is 1.52. The van der Waals surface area contributed by atoms with E-state index in [0.29, 0.717) is 5.82 Å². The molecule has 9 heteroatoms. The van der Waals surface area contributed by atoms with Crippen LogP contribution in [0.25, 0.3) is 243 Å². The Hall–Kier alpha value is -18.4. The highest BCUT2D eigenvalue weighted by Gasteiger charge is 2.25. The number of rotatable bonds is 15. The van der Waals surface area contributed by atoms with Crippen molar-refractivity contribution in [2.45, 2.75) is 0 Å². The summed E-state index contributed by atoms with van der Waals surface area (Å²) in [5.41, 5.74) is 36.3. The lowest BCUT2D eigenvalue weighted by Gasteiger charge is -2.25. The van der Waals surface area contributed by atoms with Gasteiger partial charge < -0.3 is 32.3 Å². The molecular weight excluding hydrogens is 1660 g/mol. The number of nitrogens with zero attached hydrogens (tertiary/aromatic N) is 9. The number of aromatic nitrogens is 8. The first kappa shape index (κ1) is 77.3. The largest absolute Gasteiger partial charge is 0.310 e. The molecule has 7 heterocycles. The van der Waals surface area contributed by atoms with Crippen LogP contribution in [0.15, 0.2) is 491 Å². The molecule has 0 amide bonds. The van der Waals surface area contributed by atoms with E-state index in [1.807, 2.05) is 0 Å². The van der Waals surface area contributed by atoms with Crippen molar-refractivity contribution in [2.24, 2.45) is 0 Å². The topological polar surface area (TPSA) is 58.6 Å². The Morgan fingerprint density at radius 3 is 0.693 bits per heavy atom. The summed E-state index contributed by atoms with van der Waals surface area (Å²) in [6, 6.07) is 180. The van der Waals surface area contributed by atoms with Crippen LogP contribution >= 0.6 is 0 Å². The number of hydrogen-bond donors (Lipinski definition) is 0. The first-order valence-corrected chi connectivity index (χ1v) is 46.9. The summed E-state index contributed by atoms with van der Waals surface area (Å²) in [7, 11) is 0. The zero-order valence-corrected chi connectivity index (χ0v) is 74.3. The lowest BCUT2D eigenvalue weighted by molar-refractivity contribution is 1.17. The lowest BCUT2D eigenvalue weighted by atomic mass is 9.98. The molecule has 21 aromatic carbocycles. The summed E-state index contributed by atoms with van der Waals surface area (Å²) in [6.45, 7) is 0. The van der Waals surface area contributed by atoms with Gasteiger partial charge in [0.25, 0.3) is 0 Å². The van der Waals surface area contributed by atoms with Crippen LogP contribution in [-0.2, 0) is 0 Å². The van der Waals surface area contributed by atoms with Gasteiger partial charge in [0, 0.05) is 132 Å². The molecule has 0 aliphatic rings. The van der Waals surface area contributed by atoms with Gasteiger partial charge in [-0.05, 0) is 287 Å². The van der Waals surface area contributed by atoms with Crippen molar-refractivity contribution in [1.29, 1.82) is 0 Å². The molecule has 0 aliphatic carbocycles. The molecule has 137 heavy (non-hydrogen) atoms. The first-order valence-electron chi connectivity index (χ1n) is 46.9. The van der Waals surface area contributed by atoms with E-state index >= 15 is 0 Å². The van der Waals surface area contributed by atoms with Crippen molar-refractivity contribution in [1.82, 2.24) is 37.4 Å². The van der Waals surface area contributed by atoms with Crippen molar-refractivity contribution in [3.8, 4) is 101 Å². The summed E-state index contributed by atoms with van der Waals surface area (Å²) in [6.07, 6.45) is 0. The number of hydrogen-bond acceptors (Lipinski definition) is 3. The van der Waals surface area contributed by atoms with Crippen LogP contribution in [0.2, 0.25) is 0 Å². The van der Waals surface area contributed by atoms with Crippen LogP contribution in [0, 0.1) is 0 Å². The van der Waals surface area contributed by atoms with Gasteiger partial charge in [0.2, 0.25) is 0 Å². The average molecular weight is 1750 g/mol. The van der Waals surface area contributed by atoms with Gasteiger partial charge in [-0.1, -0.05) is 249 Å². The molecule has 28 aromatic rings. The predicted molar refractivity (Wildman–Crippen MR) is 573 cm³/mol. The minimum atomic E-state index is 0.637. The molecule has 0 spiro atoms. The maximum atomic E-state index is 5.76. The summed E-state index contributed by atoms with van der Waals surface area (Å²) >= 11 is 0. The van der Waals surface area contributed by atoms with Crippen molar-refractivity contribution in [3.05, 3.63) is 491 Å². The molecular formula is C128H81N9. The Balaban J connectivity index is 0.573. The fourth-order valence-corrected chi connectivity index (χ4v) is 22.1. The fraction of sp³-hybridized carbons (Fsp3) is 0. The van der Waals surface area contributed by atoms with E-state index in [1.54, 1.807) is 0 Å². The van der Waals surface area contributed by atoms with Crippen LogP contribution in [-0.4, -0.2) is 37.4 Å². The quantitative estimate of drug-likeness (QED) is 0.103. The van der Waals surface area contributed by atoms with Crippen molar-refractivity contribution < 1.29 is 0 Å². The molecule has 0 bridgehead atoms. The Labute approximate surface area is 788 Å². The zero-order valence-electron chi connectivity index (χ0n) is 74.3. The second kappa shape index (κ2) is 31.1. The summed E-state index contributed by atoms with van der Waals surface area (Å²) < 4.78 is 14.4. The Kier molecular flexibility index (Phi) is 17.6. The molecule has 0 radical (unpaired) electrons. The van der Waals surface area contributed by atoms with Crippen LogP contribution in [0.5, 0.6) is 0 Å². The molecule has 0 saturated carbocycles. The normalized spacial score (nSPS) is 11.9. The summed E-state index contributed by atoms with van der Waals surface area (Å²) in [5, 5.41) is 15.3. The second-order valence-corrected chi connectivity index (χ2v) is 36.0. The minimum absolute atomic E-state index is 0.637. The van der Waals surface area contributed by atoms with Gasteiger partial charge in [-0.15, -0.1) is 0 Å². The predicted octanol–water partition coefficient (Wildman–Crippen LogP) is 33.7. The van der Waals surface area contributed by atoms with Crippen molar-refractivity contribution in [3.63, 3.8) is 0 Å². The highest BCUT2D eigenvalue weighted by Crippen LogP contribution is 2.47. The van der Waals surface area contributed by atoms with Crippen LogP contribution in [0.3, 0.4) is 0 Å². The Bertz CT molecular complexity index is 9490. The summed E-state index contributed by atoms with van der Waals surface area (Å²) in [5.74, 6) is 0.637. The molecule has 0 fully saturated rings. The smallest absolute Gasteiger partial charge is 0.160 e. The van der Waals surface area contributed by atoms with Crippen LogP contribution < -0.4 is 4.90 Å². The lowest BCUT2D eigenvalue weighted by Crippen LogP contribution is -2.09. The monoisotopic (exact) mass is 1740 g/mol. The molecule has 0 atom stereocenters. The highest BCUT2D eigenvalue weighted by molar-refractivity contribution is 6.18. The van der Waals surface area contributed by atoms with E-state index in [1.165, 1.54) is 98.1 Å². The van der Waals surface area contributed by atoms with Gasteiger partial charge in [-0.2, -0.15) is 0 Å². The van der Waals surface area contributed by atoms with Gasteiger partial charge in [0.1, 0.15) is 0 Å². The Morgan fingerprint density at radius 2 is 0.365 bits per heavy atom. The summed E-state index contributed by atoms with van der Waals surface area (Å²) in [4.78, 5) is 13.6. The molecule has 0 N–H and O–H groups in total. The van der Waals surface area contributed by atoms with E-state index in [4.69, 9.17) is 9.97 Å². The highest BCUT2D eigenvalue weighted by atomic mass is 15.1. The number of anilines is 3. The third kappa shape index (κ3) is 12.5. The molecule has 9 nitrogen and oxygen atoms in total. The number of para-hydroxylation sites is 10. The molecule has 0 saturated heterocycles. The van der Waals surface area contributed by atoms with E-state index in [-0.39, 0.29) is 0 Å². The van der Waals surface area contributed by atoms with E-state index in [9.17, 15) is 0 Å². The van der Waals surface area contributed by atoms with Crippen molar-refractivity contribution >= 4 is 159 Å². The standard InChI is InChI=1S/C128H81N9/c1-6-26-92(27-7-1)131(93-28-8-2-9-29-93)100-65-73-126-112(81-100)105-40-20-25-45-119(105)136(126)97-59-46-82(47-60-97)85-52-66-114-113(80-85)127(130-128(129-114)84-50-63-99(64-51-84)135-118-44-24-19-39-104(118)109-75-87(56-70-123(109)135)86-53-67-120-106(74-86)101-36-16-21-41-115(101)132(120)94-30-10-3-11-31-94)83-48-61-98(62-49-83)137-124-71-57-90(88-54-68-121-107(76-88)102-37-17-22-42-116(102)133(121)95-32-12-4-13-33-95)78-110(124)111-79-91(58-72-125(111)137)89-55-69-122-108(77-89)103-38-18-23-43-117(103)134(122)96-34-14-5-15-35-96/h1-81H. The molecule has 28 rings (SSSR count). The number of benzene rings is 21. The van der Waals surface area contributed by atoms with E-state index in [2.05, 4.69) is 524 Å². The van der Waals surface area contributed by atoms with Gasteiger partial charge in [-0.3, -0.25) is 0 Å². The zero-order chi connectivity index (χ0) is 89.9. The van der Waals surface area contributed by atoms with Gasteiger partial charge in [0.05, 0.1) is 77.4 Å². The molecule has 638 valence electrons. The maximum absolute atomic E-state index is 5.76. The van der Waals surface area contributed by atoms with Crippen LogP contribution in [0.4, 0.5) is 17.1 Å². The molecule has 0 aliphatic heterocycles. The third-order valence-corrected chi connectivity index (χ3v) is 28.4. The van der Waals surface area contributed by atoms with Crippen LogP contribution in [0.1, 0.15) is 0 Å². The van der Waals surface area contributed by atoms with E-state index in [0.717, 1.165) is 156 Å². The van der Waals surface area contributed by atoms with Gasteiger partial charge in [0.15, 0.2) is 5.82 Å². The second-order valence-electron chi connectivity index (χ2n) is 36.0. The minimum Gasteiger partial charge on any atom is -0.310 e. The number of fused-ring (bicyclic) bond motifs is 19. The Morgan fingerprint density at radius 1 is 0.139 bits per heavy atom.